The summed E-state index contributed by atoms with van der Waals surface area (Å²) in [7, 11) is 2.03. The molecule has 15 heavy (non-hydrogen) atoms. The third-order valence-corrected chi connectivity index (χ3v) is 3.05. The van der Waals surface area contributed by atoms with E-state index in [1.807, 2.05) is 19.2 Å². The Morgan fingerprint density at radius 2 is 2.20 bits per heavy atom. The van der Waals surface area contributed by atoms with Crippen molar-refractivity contribution < 1.29 is 0 Å². The lowest BCUT2D eigenvalue weighted by molar-refractivity contribution is 0.655. The number of rotatable bonds is 4. The fraction of sp³-hybridized carbons (Fsp3) is 0.545. The topological polar surface area (TPSA) is 42.1 Å². The van der Waals surface area contributed by atoms with Crippen LogP contribution in [0, 0.1) is 0 Å². The van der Waals surface area contributed by atoms with Crippen LogP contribution in [0.15, 0.2) is 12.1 Å². The fourth-order valence-electron chi connectivity index (χ4n) is 1.31. The SMILES string of the molecule is CCC(C)N(C)c1ccc(Cl)c(CN)n1. The molecule has 4 heteroatoms. The van der Waals surface area contributed by atoms with Crippen molar-refractivity contribution in [2.45, 2.75) is 32.9 Å². The predicted molar refractivity (Wildman–Crippen MR) is 65.3 cm³/mol. The number of nitrogens with zero attached hydrogens (tertiary/aromatic N) is 2. The molecule has 84 valence electrons. The van der Waals surface area contributed by atoms with Gasteiger partial charge in [-0.1, -0.05) is 18.5 Å². The maximum Gasteiger partial charge on any atom is 0.128 e. The van der Waals surface area contributed by atoms with Crippen molar-refractivity contribution in [3.8, 4) is 0 Å². The minimum absolute atomic E-state index is 0.376. The van der Waals surface area contributed by atoms with Gasteiger partial charge in [0.2, 0.25) is 0 Å². The van der Waals surface area contributed by atoms with Crippen molar-refractivity contribution in [1.82, 2.24) is 4.98 Å². The average molecular weight is 228 g/mol. The molecule has 1 aromatic rings. The molecule has 2 N–H and O–H groups in total. The van der Waals surface area contributed by atoms with E-state index in [0.717, 1.165) is 17.9 Å². The van der Waals surface area contributed by atoms with Gasteiger partial charge in [0.25, 0.3) is 0 Å². The molecule has 0 aliphatic rings. The lowest BCUT2D eigenvalue weighted by Gasteiger charge is -2.25. The summed E-state index contributed by atoms with van der Waals surface area (Å²) in [5, 5.41) is 0.638. The summed E-state index contributed by atoms with van der Waals surface area (Å²) in [6, 6.07) is 4.24. The van der Waals surface area contributed by atoms with E-state index in [1.165, 1.54) is 0 Å². The molecule has 3 nitrogen and oxygen atoms in total. The molecule has 0 fully saturated rings. The second-order valence-electron chi connectivity index (χ2n) is 3.67. The normalized spacial score (nSPS) is 12.6. The van der Waals surface area contributed by atoms with Crippen LogP contribution in [-0.2, 0) is 6.54 Å². The summed E-state index contributed by atoms with van der Waals surface area (Å²) < 4.78 is 0. The molecule has 0 spiro atoms. The smallest absolute Gasteiger partial charge is 0.128 e. The molecule has 0 bridgehead atoms. The molecule has 0 aliphatic heterocycles. The first-order valence-electron chi connectivity index (χ1n) is 5.18. The van der Waals surface area contributed by atoms with Crippen LogP contribution >= 0.6 is 11.6 Å². The summed E-state index contributed by atoms with van der Waals surface area (Å²) >= 11 is 5.95. The third-order valence-electron chi connectivity index (χ3n) is 2.71. The van der Waals surface area contributed by atoms with Crippen molar-refractivity contribution in [2.75, 3.05) is 11.9 Å². The average Bonchev–Trinajstić information content (AvgIpc) is 2.27. The molecule has 0 aliphatic carbocycles. The van der Waals surface area contributed by atoms with Crippen LogP contribution < -0.4 is 10.6 Å². The minimum Gasteiger partial charge on any atom is -0.357 e. The standard InChI is InChI=1S/C11H18ClN3/c1-4-8(2)15(3)11-6-5-9(12)10(7-13)14-11/h5-6,8H,4,7,13H2,1-3H3. The Balaban J connectivity index is 2.95. The summed E-state index contributed by atoms with van der Waals surface area (Å²) in [5.41, 5.74) is 6.32. The Hall–Kier alpha value is -0.800. The van der Waals surface area contributed by atoms with Crippen molar-refractivity contribution in [3.05, 3.63) is 22.8 Å². The van der Waals surface area contributed by atoms with Crippen molar-refractivity contribution in [2.24, 2.45) is 5.73 Å². The van der Waals surface area contributed by atoms with E-state index in [9.17, 15) is 0 Å². The van der Waals surface area contributed by atoms with Gasteiger partial charge in [-0.15, -0.1) is 0 Å². The van der Waals surface area contributed by atoms with Crippen LogP contribution in [-0.4, -0.2) is 18.1 Å². The monoisotopic (exact) mass is 227 g/mol. The van der Waals surface area contributed by atoms with Crippen LogP contribution in [0.3, 0.4) is 0 Å². The van der Waals surface area contributed by atoms with Gasteiger partial charge in [-0.25, -0.2) is 4.98 Å². The zero-order valence-corrected chi connectivity index (χ0v) is 10.3. The zero-order chi connectivity index (χ0) is 11.4. The van der Waals surface area contributed by atoms with Crippen LogP contribution in [0.1, 0.15) is 26.0 Å². The largest absolute Gasteiger partial charge is 0.357 e. The van der Waals surface area contributed by atoms with Gasteiger partial charge in [0, 0.05) is 19.6 Å². The van der Waals surface area contributed by atoms with Crippen molar-refractivity contribution in [3.63, 3.8) is 0 Å². The van der Waals surface area contributed by atoms with E-state index in [0.29, 0.717) is 17.6 Å². The number of aromatic nitrogens is 1. The Morgan fingerprint density at radius 3 is 2.73 bits per heavy atom. The Kier molecular flexibility index (Phi) is 4.36. The highest BCUT2D eigenvalue weighted by molar-refractivity contribution is 6.31. The Labute approximate surface area is 96.2 Å². The van der Waals surface area contributed by atoms with Gasteiger partial charge in [0.1, 0.15) is 5.82 Å². The summed E-state index contributed by atoms with van der Waals surface area (Å²) in [4.78, 5) is 6.56. The second kappa shape index (κ2) is 5.33. The summed E-state index contributed by atoms with van der Waals surface area (Å²) in [6.07, 6.45) is 1.08. The molecular weight excluding hydrogens is 210 g/mol. The minimum atomic E-state index is 0.376. The molecule has 1 rings (SSSR count). The summed E-state index contributed by atoms with van der Waals surface area (Å²) in [5.74, 6) is 0.925. The molecule has 0 saturated carbocycles. The first-order chi connectivity index (χ1) is 7.10. The first kappa shape index (κ1) is 12.3. The quantitative estimate of drug-likeness (QED) is 0.859. The van der Waals surface area contributed by atoms with Crippen LogP contribution in [0.4, 0.5) is 5.82 Å². The van der Waals surface area contributed by atoms with E-state index in [2.05, 4.69) is 23.7 Å². The van der Waals surface area contributed by atoms with E-state index in [-0.39, 0.29) is 0 Å². The zero-order valence-electron chi connectivity index (χ0n) is 9.50. The number of hydrogen-bond acceptors (Lipinski definition) is 3. The molecular formula is C11H18ClN3. The van der Waals surface area contributed by atoms with Crippen LogP contribution in [0.2, 0.25) is 5.02 Å². The lowest BCUT2D eigenvalue weighted by atomic mass is 10.2. The number of pyridine rings is 1. The van der Waals surface area contributed by atoms with Gasteiger partial charge in [-0.2, -0.15) is 0 Å². The maximum absolute atomic E-state index is 5.95. The molecule has 1 heterocycles. The van der Waals surface area contributed by atoms with Gasteiger partial charge in [-0.3, -0.25) is 0 Å². The highest BCUT2D eigenvalue weighted by Crippen LogP contribution is 2.20. The number of hydrogen-bond donors (Lipinski definition) is 1. The van der Waals surface area contributed by atoms with Gasteiger partial charge >= 0.3 is 0 Å². The van der Waals surface area contributed by atoms with Gasteiger partial charge in [0.15, 0.2) is 0 Å². The van der Waals surface area contributed by atoms with E-state index in [4.69, 9.17) is 17.3 Å². The highest BCUT2D eigenvalue weighted by atomic mass is 35.5. The van der Waals surface area contributed by atoms with Crippen molar-refractivity contribution >= 4 is 17.4 Å². The molecule has 1 unspecified atom stereocenters. The maximum atomic E-state index is 5.95. The molecule has 0 amide bonds. The van der Waals surface area contributed by atoms with Gasteiger partial charge < -0.3 is 10.6 Å². The van der Waals surface area contributed by atoms with E-state index in [1.54, 1.807) is 0 Å². The van der Waals surface area contributed by atoms with E-state index < -0.39 is 0 Å². The third kappa shape index (κ3) is 2.83. The molecule has 0 saturated heterocycles. The highest BCUT2D eigenvalue weighted by Gasteiger charge is 2.10. The number of anilines is 1. The van der Waals surface area contributed by atoms with Crippen molar-refractivity contribution in [1.29, 1.82) is 0 Å². The fourth-order valence-corrected chi connectivity index (χ4v) is 1.49. The van der Waals surface area contributed by atoms with Crippen LogP contribution in [0.5, 0.6) is 0 Å². The molecule has 1 atom stereocenters. The first-order valence-corrected chi connectivity index (χ1v) is 5.56. The van der Waals surface area contributed by atoms with E-state index >= 15 is 0 Å². The van der Waals surface area contributed by atoms with Gasteiger partial charge in [-0.05, 0) is 25.5 Å². The number of halogens is 1. The number of nitrogens with two attached hydrogens (primary N) is 1. The summed E-state index contributed by atoms with van der Waals surface area (Å²) in [6.45, 7) is 4.69. The lowest BCUT2D eigenvalue weighted by Crippen LogP contribution is -2.29. The molecule has 0 aromatic carbocycles. The Morgan fingerprint density at radius 1 is 1.53 bits per heavy atom. The molecule has 0 radical (unpaired) electrons. The van der Waals surface area contributed by atoms with Crippen LogP contribution in [0.25, 0.3) is 0 Å². The predicted octanol–water partition coefficient (Wildman–Crippen LogP) is 2.43. The molecule has 1 aromatic heterocycles. The Bertz CT molecular complexity index is 328. The second-order valence-corrected chi connectivity index (χ2v) is 4.08. The van der Waals surface area contributed by atoms with Gasteiger partial charge in [0.05, 0.1) is 10.7 Å².